The minimum absolute atomic E-state index is 0.0961. The molecule has 0 aliphatic heterocycles. The molecule has 0 saturated carbocycles. The standard InChI is InChI=1S/C15H16FNO2S/c1-19-8-7-17(10-12-6-9-20-11-12)15(18)13-4-2-3-5-14(13)16/h2-6,9,11H,7-8,10H2,1H3. The molecule has 20 heavy (non-hydrogen) atoms. The highest BCUT2D eigenvalue weighted by Crippen LogP contribution is 2.14. The molecular formula is C15H16FNO2S. The lowest BCUT2D eigenvalue weighted by Gasteiger charge is -2.22. The number of nitrogens with zero attached hydrogens (tertiary/aromatic N) is 1. The molecule has 0 fully saturated rings. The van der Waals surface area contributed by atoms with Crippen LogP contribution in [-0.4, -0.2) is 31.1 Å². The molecule has 0 unspecified atom stereocenters. The van der Waals surface area contributed by atoms with Gasteiger partial charge in [-0.05, 0) is 34.5 Å². The maximum Gasteiger partial charge on any atom is 0.257 e. The number of thiophene rings is 1. The van der Waals surface area contributed by atoms with Crippen molar-refractivity contribution < 1.29 is 13.9 Å². The Morgan fingerprint density at radius 3 is 2.80 bits per heavy atom. The number of methoxy groups -OCH3 is 1. The van der Waals surface area contributed by atoms with E-state index in [4.69, 9.17) is 4.74 Å². The van der Waals surface area contributed by atoms with Gasteiger partial charge >= 0.3 is 0 Å². The second-order valence-electron chi connectivity index (χ2n) is 4.33. The lowest BCUT2D eigenvalue weighted by atomic mass is 10.1. The molecule has 0 spiro atoms. The Morgan fingerprint density at radius 2 is 2.15 bits per heavy atom. The summed E-state index contributed by atoms with van der Waals surface area (Å²) in [6.45, 7) is 1.31. The Hall–Kier alpha value is -1.72. The smallest absolute Gasteiger partial charge is 0.257 e. The van der Waals surface area contributed by atoms with E-state index in [0.717, 1.165) is 5.56 Å². The first kappa shape index (κ1) is 14.7. The van der Waals surface area contributed by atoms with E-state index in [1.165, 1.54) is 12.1 Å². The molecule has 3 nitrogen and oxygen atoms in total. The molecule has 0 saturated heterocycles. The van der Waals surface area contributed by atoms with E-state index >= 15 is 0 Å². The van der Waals surface area contributed by atoms with Crippen LogP contribution >= 0.6 is 11.3 Å². The monoisotopic (exact) mass is 293 g/mol. The normalized spacial score (nSPS) is 10.5. The Bertz CT molecular complexity index is 557. The fourth-order valence-electron chi connectivity index (χ4n) is 1.86. The molecule has 1 aromatic heterocycles. The third-order valence-electron chi connectivity index (χ3n) is 2.91. The van der Waals surface area contributed by atoms with Crippen LogP contribution in [-0.2, 0) is 11.3 Å². The average Bonchev–Trinajstić information content (AvgIpc) is 2.96. The van der Waals surface area contributed by atoms with Gasteiger partial charge in [-0.2, -0.15) is 11.3 Å². The quantitative estimate of drug-likeness (QED) is 0.818. The van der Waals surface area contributed by atoms with E-state index in [9.17, 15) is 9.18 Å². The molecule has 0 atom stereocenters. The van der Waals surface area contributed by atoms with E-state index < -0.39 is 5.82 Å². The van der Waals surface area contributed by atoms with E-state index in [2.05, 4.69) is 0 Å². The predicted molar refractivity (Wildman–Crippen MR) is 77.3 cm³/mol. The maximum absolute atomic E-state index is 13.7. The molecule has 0 N–H and O–H groups in total. The number of halogens is 1. The summed E-state index contributed by atoms with van der Waals surface area (Å²) >= 11 is 1.57. The number of carbonyl (C=O) groups is 1. The van der Waals surface area contributed by atoms with Crippen molar-refractivity contribution in [3.63, 3.8) is 0 Å². The molecule has 2 aromatic rings. The van der Waals surface area contributed by atoms with Crippen LogP contribution in [0.15, 0.2) is 41.1 Å². The van der Waals surface area contributed by atoms with Crippen molar-refractivity contribution in [2.75, 3.05) is 20.3 Å². The number of amides is 1. The Morgan fingerprint density at radius 1 is 1.35 bits per heavy atom. The fourth-order valence-corrected chi connectivity index (χ4v) is 2.52. The second-order valence-corrected chi connectivity index (χ2v) is 5.11. The predicted octanol–water partition coefficient (Wildman–Crippen LogP) is 3.18. The molecule has 106 valence electrons. The molecule has 0 aliphatic rings. The topological polar surface area (TPSA) is 29.5 Å². The van der Waals surface area contributed by atoms with Crippen LogP contribution < -0.4 is 0 Å². The number of hydrogen-bond donors (Lipinski definition) is 0. The first-order chi connectivity index (χ1) is 9.72. The van der Waals surface area contributed by atoms with Crippen molar-refractivity contribution in [3.05, 3.63) is 58.0 Å². The number of rotatable bonds is 6. The van der Waals surface area contributed by atoms with Gasteiger partial charge in [0.25, 0.3) is 5.91 Å². The summed E-state index contributed by atoms with van der Waals surface area (Å²) in [4.78, 5) is 14.0. The summed E-state index contributed by atoms with van der Waals surface area (Å²) in [6, 6.07) is 8.00. The van der Waals surface area contributed by atoms with Crippen LogP contribution in [0.5, 0.6) is 0 Å². The van der Waals surface area contributed by atoms with Crippen LogP contribution in [0.25, 0.3) is 0 Å². The molecule has 1 heterocycles. The lowest BCUT2D eigenvalue weighted by Crippen LogP contribution is -2.33. The summed E-state index contributed by atoms with van der Waals surface area (Å²) in [5, 5.41) is 3.94. The first-order valence-corrected chi connectivity index (χ1v) is 7.20. The molecule has 2 rings (SSSR count). The largest absolute Gasteiger partial charge is 0.383 e. The van der Waals surface area contributed by atoms with Gasteiger partial charge in [0.05, 0.1) is 12.2 Å². The van der Waals surface area contributed by atoms with Crippen molar-refractivity contribution >= 4 is 17.2 Å². The maximum atomic E-state index is 13.7. The Labute approximate surface area is 121 Å². The van der Waals surface area contributed by atoms with Gasteiger partial charge in [-0.1, -0.05) is 12.1 Å². The first-order valence-electron chi connectivity index (χ1n) is 6.26. The van der Waals surface area contributed by atoms with E-state index in [1.54, 1.807) is 35.5 Å². The molecule has 0 radical (unpaired) electrons. The Balaban J connectivity index is 2.17. The average molecular weight is 293 g/mol. The summed E-state index contributed by atoms with van der Waals surface area (Å²) in [7, 11) is 1.58. The minimum Gasteiger partial charge on any atom is -0.383 e. The van der Waals surface area contributed by atoms with Crippen LogP contribution in [0, 0.1) is 5.82 Å². The van der Waals surface area contributed by atoms with Crippen molar-refractivity contribution in [2.45, 2.75) is 6.54 Å². The van der Waals surface area contributed by atoms with Gasteiger partial charge in [0.15, 0.2) is 0 Å². The number of benzene rings is 1. The van der Waals surface area contributed by atoms with Gasteiger partial charge < -0.3 is 9.64 Å². The zero-order chi connectivity index (χ0) is 14.4. The molecule has 1 amide bonds. The van der Waals surface area contributed by atoms with Gasteiger partial charge in [-0.3, -0.25) is 4.79 Å². The van der Waals surface area contributed by atoms with E-state index in [0.29, 0.717) is 19.7 Å². The summed E-state index contributed by atoms with van der Waals surface area (Å²) < 4.78 is 18.7. The van der Waals surface area contributed by atoms with E-state index in [-0.39, 0.29) is 11.5 Å². The van der Waals surface area contributed by atoms with Crippen molar-refractivity contribution in [2.24, 2.45) is 0 Å². The highest BCUT2D eigenvalue weighted by Gasteiger charge is 2.19. The molecule has 5 heteroatoms. The minimum atomic E-state index is -0.495. The molecule has 1 aromatic carbocycles. The zero-order valence-corrected chi connectivity index (χ0v) is 12.0. The number of hydrogen-bond acceptors (Lipinski definition) is 3. The third kappa shape index (κ3) is 3.65. The van der Waals surface area contributed by atoms with Crippen LogP contribution in [0.2, 0.25) is 0 Å². The van der Waals surface area contributed by atoms with Crippen molar-refractivity contribution in [1.82, 2.24) is 4.90 Å². The van der Waals surface area contributed by atoms with Crippen molar-refractivity contribution in [1.29, 1.82) is 0 Å². The highest BCUT2D eigenvalue weighted by atomic mass is 32.1. The van der Waals surface area contributed by atoms with Gasteiger partial charge in [0, 0.05) is 20.2 Å². The number of carbonyl (C=O) groups excluding carboxylic acids is 1. The summed E-state index contributed by atoms with van der Waals surface area (Å²) in [5.41, 5.74) is 1.13. The number of ether oxygens (including phenoxy) is 1. The summed E-state index contributed by atoms with van der Waals surface area (Å²) in [6.07, 6.45) is 0. The van der Waals surface area contributed by atoms with Crippen molar-refractivity contribution in [3.8, 4) is 0 Å². The Kier molecular flexibility index (Phi) is 5.26. The van der Waals surface area contributed by atoms with Crippen LogP contribution in [0.4, 0.5) is 4.39 Å². The highest BCUT2D eigenvalue weighted by molar-refractivity contribution is 7.07. The van der Waals surface area contributed by atoms with Gasteiger partial charge in [0.2, 0.25) is 0 Å². The summed E-state index contributed by atoms with van der Waals surface area (Å²) in [5.74, 6) is -0.809. The van der Waals surface area contributed by atoms with E-state index in [1.807, 2.05) is 16.8 Å². The molecule has 0 bridgehead atoms. The fraction of sp³-hybridized carbons (Fsp3) is 0.267. The van der Waals surface area contributed by atoms with Gasteiger partial charge in [0.1, 0.15) is 5.82 Å². The van der Waals surface area contributed by atoms with Gasteiger partial charge in [-0.25, -0.2) is 4.39 Å². The van der Waals surface area contributed by atoms with Gasteiger partial charge in [-0.15, -0.1) is 0 Å². The molecular weight excluding hydrogens is 277 g/mol. The van der Waals surface area contributed by atoms with Crippen LogP contribution in [0.1, 0.15) is 15.9 Å². The molecule has 0 aliphatic carbocycles. The second kappa shape index (κ2) is 7.17. The zero-order valence-electron chi connectivity index (χ0n) is 11.2. The van der Waals surface area contributed by atoms with Crippen LogP contribution in [0.3, 0.4) is 0 Å². The SMILES string of the molecule is COCCN(Cc1ccsc1)C(=O)c1ccccc1F. The lowest BCUT2D eigenvalue weighted by molar-refractivity contribution is 0.0676. The third-order valence-corrected chi connectivity index (χ3v) is 3.64.